The molecule has 0 saturated heterocycles. The third-order valence-corrected chi connectivity index (χ3v) is 10.4. The Bertz CT molecular complexity index is 2950. The quantitative estimate of drug-likeness (QED) is 0.143. The Morgan fingerprint density at radius 1 is 0.600 bits per heavy atom. The number of hydrogen-bond donors (Lipinski definition) is 0. The summed E-state index contributed by atoms with van der Waals surface area (Å²) in [6, 6.07) is 53.3. The molecule has 0 atom stereocenters. The zero-order valence-electron chi connectivity index (χ0n) is 30.3. The number of ether oxygens (including phenoxy) is 1. The minimum atomic E-state index is 0. The molecular formula is C48H35N5OPt. The molecule has 0 aliphatic carbocycles. The van der Waals surface area contributed by atoms with Crippen LogP contribution in [0.2, 0.25) is 0 Å². The van der Waals surface area contributed by atoms with Crippen molar-refractivity contribution in [2.45, 2.75) is 26.7 Å². The summed E-state index contributed by atoms with van der Waals surface area (Å²) in [5, 5.41) is 9.36. The fourth-order valence-electron chi connectivity index (χ4n) is 7.91. The van der Waals surface area contributed by atoms with Crippen molar-refractivity contribution in [1.29, 1.82) is 0 Å². The smallest absolute Gasteiger partial charge is 0.509 e. The summed E-state index contributed by atoms with van der Waals surface area (Å²) in [6.45, 7) is 4.46. The number of rotatable bonds is 8. The number of nitrogens with zero attached hydrogens (tertiary/aromatic N) is 5. The Labute approximate surface area is 333 Å². The molecule has 6 nitrogen and oxygen atoms in total. The monoisotopic (exact) mass is 892 g/mol. The fraction of sp³-hybridized carbons (Fsp3) is 0.0833. The van der Waals surface area contributed by atoms with Crippen molar-refractivity contribution < 1.29 is 25.8 Å². The summed E-state index contributed by atoms with van der Waals surface area (Å²) < 4.78 is 12.9. The second-order valence-corrected chi connectivity index (χ2v) is 13.5. The van der Waals surface area contributed by atoms with Crippen molar-refractivity contribution in [3.63, 3.8) is 0 Å². The van der Waals surface area contributed by atoms with Crippen LogP contribution in [0.25, 0.3) is 71.9 Å². The third-order valence-electron chi connectivity index (χ3n) is 10.4. The summed E-state index contributed by atoms with van der Waals surface area (Å²) in [7, 11) is 0. The van der Waals surface area contributed by atoms with Crippen LogP contribution in [0.1, 0.15) is 25.0 Å². The van der Waals surface area contributed by atoms with Gasteiger partial charge in [0, 0.05) is 51.8 Å². The van der Waals surface area contributed by atoms with E-state index in [-0.39, 0.29) is 21.1 Å². The van der Waals surface area contributed by atoms with Gasteiger partial charge < -0.3 is 13.9 Å². The van der Waals surface area contributed by atoms with Crippen LogP contribution in [0.15, 0.2) is 152 Å². The predicted molar refractivity (Wildman–Crippen MR) is 218 cm³/mol. The molecule has 0 amide bonds. The molecule has 0 spiro atoms. The van der Waals surface area contributed by atoms with E-state index in [2.05, 4.69) is 131 Å². The zero-order valence-corrected chi connectivity index (χ0v) is 32.6. The first-order valence-electron chi connectivity index (χ1n) is 18.5. The van der Waals surface area contributed by atoms with Crippen molar-refractivity contribution in [2.75, 3.05) is 0 Å². The molecule has 0 saturated carbocycles. The molecule has 10 rings (SSSR count). The molecule has 0 aliphatic heterocycles. The van der Waals surface area contributed by atoms with Gasteiger partial charge in [0.2, 0.25) is 0 Å². The number of para-hydroxylation sites is 3. The SMILES string of the molecule is CCc1cccc2c3cccc(CC)c3n(-c3ccnc(-n4c5[c-]c(Oc6[c-]c(-n7cc(-c8ccccc8)cn7)ccc6)ccc5c5ccccc54)c3)c12.[Pt+2]. The Morgan fingerprint density at radius 2 is 1.29 bits per heavy atom. The van der Waals surface area contributed by atoms with Gasteiger partial charge in [-0.15, -0.1) is 35.7 Å². The Kier molecular flexibility index (Phi) is 8.92. The summed E-state index contributed by atoms with van der Waals surface area (Å²) in [5.74, 6) is 1.98. The topological polar surface area (TPSA) is 49.8 Å². The van der Waals surface area contributed by atoms with Gasteiger partial charge >= 0.3 is 21.1 Å². The first-order valence-corrected chi connectivity index (χ1v) is 18.5. The van der Waals surface area contributed by atoms with Gasteiger partial charge in [-0.2, -0.15) is 17.2 Å². The molecule has 6 aromatic carbocycles. The average molecular weight is 893 g/mol. The van der Waals surface area contributed by atoms with Gasteiger partial charge in [0.05, 0.1) is 22.9 Å². The van der Waals surface area contributed by atoms with E-state index in [0.717, 1.165) is 63.0 Å². The minimum Gasteiger partial charge on any atom is -0.509 e. The van der Waals surface area contributed by atoms with Crippen LogP contribution in [0, 0.1) is 12.1 Å². The van der Waals surface area contributed by atoms with Gasteiger partial charge in [-0.05, 0) is 52.7 Å². The minimum absolute atomic E-state index is 0. The molecule has 10 aromatic rings. The molecule has 0 bridgehead atoms. The van der Waals surface area contributed by atoms with E-state index in [0.29, 0.717) is 11.5 Å². The van der Waals surface area contributed by atoms with Crippen molar-refractivity contribution in [1.82, 2.24) is 23.9 Å². The Hall–Kier alpha value is -6.23. The average Bonchev–Trinajstić information content (AvgIpc) is 3.95. The molecule has 4 aromatic heterocycles. The molecule has 4 heterocycles. The van der Waals surface area contributed by atoms with Gasteiger partial charge in [0.1, 0.15) is 5.82 Å². The molecule has 268 valence electrons. The van der Waals surface area contributed by atoms with Crippen molar-refractivity contribution in [3.05, 3.63) is 175 Å². The number of hydrogen-bond acceptors (Lipinski definition) is 3. The third kappa shape index (κ3) is 5.85. The van der Waals surface area contributed by atoms with Crippen LogP contribution in [0.3, 0.4) is 0 Å². The predicted octanol–water partition coefficient (Wildman–Crippen LogP) is 11.6. The van der Waals surface area contributed by atoms with E-state index in [4.69, 9.17) is 9.72 Å². The maximum atomic E-state index is 6.47. The van der Waals surface area contributed by atoms with Crippen molar-refractivity contribution in [3.8, 4) is 39.8 Å². The van der Waals surface area contributed by atoms with Crippen LogP contribution < -0.4 is 4.74 Å². The number of benzene rings is 6. The molecule has 0 unspecified atom stereocenters. The molecule has 7 heteroatoms. The second-order valence-electron chi connectivity index (χ2n) is 13.5. The van der Waals surface area contributed by atoms with E-state index < -0.39 is 0 Å². The Balaban J connectivity index is 0.00000397. The van der Waals surface area contributed by atoms with E-state index in [1.54, 1.807) is 0 Å². The number of fused-ring (bicyclic) bond motifs is 6. The van der Waals surface area contributed by atoms with Gasteiger partial charge in [-0.3, -0.25) is 4.68 Å². The van der Waals surface area contributed by atoms with E-state index in [1.807, 2.05) is 65.7 Å². The van der Waals surface area contributed by atoms with Crippen molar-refractivity contribution >= 4 is 43.6 Å². The van der Waals surface area contributed by atoms with E-state index in [9.17, 15) is 0 Å². The normalized spacial score (nSPS) is 11.5. The molecule has 0 N–H and O–H groups in total. The summed E-state index contributed by atoms with van der Waals surface area (Å²) in [6.07, 6.45) is 7.68. The van der Waals surface area contributed by atoms with E-state index >= 15 is 0 Å². The van der Waals surface area contributed by atoms with Crippen LogP contribution in [-0.4, -0.2) is 23.9 Å². The van der Waals surface area contributed by atoms with Gasteiger partial charge in [0.15, 0.2) is 0 Å². The molecule has 55 heavy (non-hydrogen) atoms. The standard InChI is InChI=1S/C48H35N5O.Pt/c1-3-32-15-10-20-42-43-21-11-16-33(4-2)48(43)52(47(32)42)37-25-26-49-46(28-37)53-44-22-9-8-19-40(44)41-24-23-39(29-45(41)53)54-38-18-12-17-36(27-38)51-31-35(30-50-51)34-13-6-5-7-14-34;/h5-26,28,30-31H,3-4H2,1-2H3;/q-2;+2. The summed E-state index contributed by atoms with van der Waals surface area (Å²) in [5.41, 5.74) is 11.1. The van der Waals surface area contributed by atoms with E-state index in [1.165, 1.54) is 32.9 Å². The zero-order chi connectivity index (χ0) is 36.2. The van der Waals surface area contributed by atoms with Crippen LogP contribution >= 0.6 is 0 Å². The first kappa shape index (κ1) is 34.5. The van der Waals surface area contributed by atoms with Crippen molar-refractivity contribution in [2.24, 2.45) is 0 Å². The number of aryl methyl sites for hydroxylation is 2. The largest absolute Gasteiger partial charge is 2.00 e. The molecule has 0 radical (unpaired) electrons. The summed E-state index contributed by atoms with van der Waals surface area (Å²) >= 11 is 0. The number of pyridine rings is 1. The molecular weight excluding hydrogens is 858 g/mol. The van der Waals surface area contributed by atoms with Gasteiger partial charge in [-0.25, -0.2) is 4.98 Å². The maximum Gasteiger partial charge on any atom is 2.00 e. The van der Waals surface area contributed by atoms with Crippen LogP contribution in [0.5, 0.6) is 11.5 Å². The first-order chi connectivity index (χ1) is 26.7. The summed E-state index contributed by atoms with van der Waals surface area (Å²) in [4.78, 5) is 4.99. The van der Waals surface area contributed by atoms with Gasteiger partial charge in [0.25, 0.3) is 0 Å². The molecule has 0 aliphatic rings. The second kappa shape index (κ2) is 14.2. The molecule has 0 fully saturated rings. The van der Waals surface area contributed by atoms with Crippen LogP contribution in [-0.2, 0) is 33.9 Å². The maximum absolute atomic E-state index is 6.47. The fourth-order valence-corrected chi connectivity index (χ4v) is 7.91. The number of aromatic nitrogens is 5. The van der Waals surface area contributed by atoms with Gasteiger partial charge in [-0.1, -0.05) is 104 Å². The van der Waals surface area contributed by atoms with Crippen LogP contribution in [0.4, 0.5) is 0 Å². The Morgan fingerprint density at radius 3 is 2.05 bits per heavy atom.